The molecule has 0 aromatic heterocycles. The summed E-state index contributed by atoms with van der Waals surface area (Å²) in [6.07, 6.45) is 46.1. The third-order valence-corrected chi connectivity index (χ3v) is 12.0. The van der Waals surface area contributed by atoms with Crippen molar-refractivity contribution < 1.29 is 30.7 Å². The first-order valence-corrected chi connectivity index (χ1v) is 22.5. The molecule has 0 fully saturated rings. The van der Waals surface area contributed by atoms with Gasteiger partial charge in [0.05, 0.1) is 0 Å². The number of hydrogen-bond acceptors (Lipinski definition) is 3. The van der Waals surface area contributed by atoms with Gasteiger partial charge in [-0.2, -0.15) is 0 Å². The molecule has 0 saturated heterocycles. The molecule has 0 rings (SSSR count). The van der Waals surface area contributed by atoms with E-state index in [0.717, 1.165) is 19.4 Å². The Morgan fingerprint density at radius 1 is 0.578 bits per heavy atom. The second-order valence-corrected chi connectivity index (χ2v) is 17.4. The fourth-order valence-corrected chi connectivity index (χ4v) is 9.14. The number of nitrogens with zero attached hydrogens (tertiary/aromatic N) is 1. The Bertz CT molecular complexity index is 647. The molecular weight excluding hydrogens is 665 g/mol. The van der Waals surface area contributed by atoms with Gasteiger partial charge in [-0.1, -0.05) is 64.2 Å². The van der Waals surface area contributed by atoms with Crippen molar-refractivity contribution in [3.63, 3.8) is 0 Å². The third kappa shape index (κ3) is 38.0. The molecule has 0 saturated carbocycles. The summed E-state index contributed by atoms with van der Waals surface area (Å²) >= 11 is 0.0851. The van der Waals surface area contributed by atoms with Crippen molar-refractivity contribution in [3.05, 3.63) is 24.3 Å². The van der Waals surface area contributed by atoms with E-state index in [1.54, 1.807) is 0 Å². The van der Waals surface area contributed by atoms with Gasteiger partial charge in [0.1, 0.15) is 0 Å². The monoisotopic (exact) mass is 745 g/mol. The van der Waals surface area contributed by atoms with Crippen molar-refractivity contribution in [1.82, 2.24) is 4.90 Å². The Balaban J connectivity index is 3.62. The number of rotatable bonds is 36. The minimum absolute atomic E-state index is 0.0280. The number of carbonyl (C=O) groups excluding carboxylic acids is 1. The Hall–Kier alpha value is -0.360. The van der Waals surface area contributed by atoms with E-state index < -0.39 is 0 Å². The van der Waals surface area contributed by atoms with Crippen molar-refractivity contribution in [1.29, 1.82) is 0 Å². The fraction of sp³-hybridized carbons (Fsp3) is 0.878. The van der Waals surface area contributed by atoms with Gasteiger partial charge in [-0.25, -0.2) is 0 Å². The van der Waals surface area contributed by atoms with Crippen molar-refractivity contribution in [2.45, 2.75) is 198 Å². The molecule has 1 unspecified atom stereocenters. The molecule has 0 radical (unpaired) electrons. The molecule has 0 aliphatic rings. The van der Waals surface area contributed by atoms with Gasteiger partial charge < -0.3 is 0 Å². The average Bonchev–Trinajstić information content (AvgIpc) is 3.02. The molecule has 0 heterocycles. The number of carbonyl (C=O) groups is 1. The molecule has 45 heavy (non-hydrogen) atoms. The van der Waals surface area contributed by atoms with Crippen LogP contribution in [0.1, 0.15) is 194 Å². The molecule has 268 valence electrons. The number of allylic oxidation sites excluding steroid dienone is 4. The second kappa shape index (κ2) is 38.1. The zero-order valence-corrected chi connectivity index (χ0v) is 33.1. The molecule has 0 spiro atoms. The summed E-state index contributed by atoms with van der Waals surface area (Å²) < 4.78 is 7.70. The van der Waals surface area contributed by atoms with E-state index >= 15 is 0 Å². The molecule has 0 N–H and O–H groups in total. The Kier molecular flexibility index (Phi) is 37.8. The molecule has 1 atom stereocenters. The van der Waals surface area contributed by atoms with Crippen LogP contribution in [0.5, 0.6) is 0 Å². The molecular formula is C41H79INO2-. The van der Waals surface area contributed by atoms with Crippen LogP contribution in [-0.2, 0) is 9.53 Å². The van der Waals surface area contributed by atoms with E-state index in [2.05, 4.69) is 57.1 Å². The van der Waals surface area contributed by atoms with E-state index in [-0.39, 0.29) is 27.2 Å². The van der Waals surface area contributed by atoms with Crippen molar-refractivity contribution in [2.75, 3.05) is 31.7 Å². The molecule has 0 amide bonds. The molecule has 3 nitrogen and oxygen atoms in total. The molecule has 0 aliphatic carbocycles. The number of hydrogen-bond donors (Lipinski definition) is 0. The van der Waals surface area contributed by atoms with E-state index in [1.807, 2.05) is 0 Å². The summed E-state index contributed by atoms with van der Waals surface area (Å²) in [5, 5.41) is 0. The zero-order chi connectivity index (χ0) is 32.9. The van der Waals surface area contributed by atoms with Crippen LogP contribution in [0.2, 0.25) is 0 Å². The second-order valence-electron chi connectivity index (χ2n) is 13.6. The Labute approximate surface area is 293 Å². The predicted octanol–water partition coefficient (Wildman–Crippen LogP) is 9.62. The summed E-state index contributed by atoms with van der Waals surface area (Å²) in [5.41, 5.74) is 0. The number of unbranched alkanes of at least 4 members (excludes halogenated alkanes) is 23. The molecule has 0 aliphatic heterocycles. The van der Waals surface area contributed by atoms with Gasteiger partial charge in [0, 0.05) is 0 Å². The first-order valence-electron chi connectivity index (χ1n) is 19.8. The van der Waals surface area contributed by atoms with Crippen LogP contribution in [0.3, 0.4) is 0 Å². The summed E-state index contributed by atoms with van der Waals surface area (Å²) in [4.78, 5) is 14.6. The van der Waals surface area contributed by atoms with Gasteiger partial charge in [0.15, 0.2) is 0 Å². The van der Waals surface area contributed by atoms with Crippen molar-refractivity contribution >= 4 is 5.97 Å². The van der Waals surface area contributed by atoms with E-state index in [4.69, 9.17) is 4.74 Å². The number of halogens is 1. The Morgan fingerprint density at radius 2 is 1.00 bits per heavy atom. The van der Waals surface area contributed by atoms with Crippen LogP contribution in [0.15, 0.2) is 24.3 Å². The fourth-order valence-electron chi connectivity index (χ4n) is 5.78. The Morgan fingerprint density at radius 3 is 1.47 bits per heavy atom. The number of esters is 1. The van der Waals surface area contributed by atoms with Crippen molar-refractivity contribution in [3.8, 4) is 0 Å². The van der Waals surface area contributed by atoms with Crippen LogP contribution in [0, 0.1) is 0 Å². The summed E-state index contributed by atoms with van der Waals surface area (Å²) in [7, 11) is 4.30. The van der Waals surface area contributed by atoms with Gasteiger partial charge >= 0.3 is 199 Å². The SMILES string of the molecule is CC/C=C/CCCCCCCCCCCCCC[I-]C(COC(=O)CCCCCCC/C=C\CCCCCCCC)CN(C)C. The van der Waals surface area contributed by atoms with Gasteiger partial charge in [0.2, 0.25) is 0 Å². The summed E-state index contributed by atoms with van der Waals surface area (Å²) in [5.74, 6) is 0.0280. The van der Waals surface area contributed by atoms with E-state index in [0.29, 0.717) is 17.0 Å². The summed E-state index contributed by atoms with van der Waals surface area (Å²) in [6, 6.07) is 0. The first-order chi connectivity index (χ1) is 22.1. The normalized spacial score (nSPS) is 12.7. The zero-order valence-electron chi connectivity index (χ0n) is 30.9. The standard InChI is InChI=1S/C41H79INO2/c1-5-7-9-11-13-15-17-19-21-23-25-27-29-31-33-35-37-42-40(38-43(3)4)39-45-41(44)36-34-32-30-28-26-24-22-20-18-16-14-12-10-8-6-2/h7,9,20,22,40H,5-6,8,10-19,21,23-39H2,1-4H3/q-1/b9-7+,22-20-. The molecule has 0 aromatic carbocycles. The average molecular weight is 745 g/mol. The number of ether oxygens (including phenoxy) is 1. The quantitative estimate of drug-likeness (QED) is 0.0211. The van der Waals surface area contributed by atoms with E-state index in [9.17, 15) is 4.79 Å². The maximum absolute atomic E-state index is 12.4. The van der Waals surface area contributed by atoms with Crippen LogP contribution in [0.25, 0.3) is 0 Å². The molecule has 0 aromatic rings. The number of alkyl halides is 2. The van der Waals surface area contributed by atoms with Crippen LogP contribution < -0.4 is 21.2 Å². The minimum atomic E-state index is 0.0280. The van der Waals surface area contributed by atoms with E-state index in [1.165, 1.54) is 165 Å². The maximum atomic E-state index is 12.4. The van der Waals surface area contributed by atoms with Gasteiger partial charge in [-0.05, 0) is 32.1 Å². The van der Waals surface area contributed by atoms with Crippen LogP contribution in [-0.4, -0.2) is 46.5 Å². The van der Waals surface area contributed by atoms with Gasteiger partial charge in [-0.15, -0.1) is 0 Å². The van der Waals surface area contributed by atoms with Crippen molar-refractivity contribution in [2.24, 2.45) is 0 Å². The summed E-state index contributed by atoms with van der Waals surface area (Å²) in [6.45, 7) is 6.20. The topological polar surface area (TPSA) is 29.5 Å². The molecule has 4 heteroatoms. The third-order valence-electron chi connectivity index (χ3n) is 8.62. The van der Waals surface area contributed by atoms with Gasteiger partial charge in [-0.3, -0.25) is 0 Å². The van der Waals surface area contributed by atoms with Crippen LogP contribution >= 0.6 is 0 Å². The van der Waals surface area contributed by atoms with Crippen LogP contribution in [0.4, 0.5) is 0 Å². The molecule has 0 bridgehead atoms. The first kappa shape index (κ1) is 44.6. The predicted molar refractivity (Wildman–Crippen MR) is 197 cm³/mol. The van der Waals surface area contributed by atoms with Gasteiger partial charge in [0.25, 0.3) is 0 Å².